The molecule has 1 rings (SSSR count). The third-order valence-electron chi connectivity index (χ3n) is 2.19. The van der Waals surface area contributed by atoms with E-state index in [2.05, 4.69) is 0 Å². The Balaban J connectivity index is 3.09. The van der Waals surface area contributed by atoms with Crippen molar-refractivity contribution in [3.8, 4) is 0 Å². The Morgan fingerprint density at radius 3 is 2.35 bits per heavy atom. The van der Waals surface area contributed by atoms with Gasteiger partial charge in [-0.3, -0.25) is 9.59 Å². The molecule has 0 atom stereocenters. The third-order valence-corrected chi connectivity index (χ3v) is 2.19. The molecule has 0 unspecified atom stereocenters. The standard InChI is InChI=1S/C11H10F3NO2/c1-6-2-3-8(10(15)17)7(4-6)5-9(16)11(12,13)14/h2-4H,5H2,1H3,(H2,15,17). The fraction of sp³-hybridized carbons (Fsp3) is 0.273. The van der Waals surface area contributed by atoms with Crippen molar-refractivity contribution < 1.29 is 22.8 Å². The van der Waals surface area contributed by atoms with Crippen LogP contribution in [0.3, 0.4) is 0 Å². The molecule has 2 N–H and O–H groups in total. The predicted octanol–water partition coefficient (Wildman–Crippen LogP) is 1.77. The quantitative estimate of drug-likeness (QED) is 0.882. The highest BCUT2D eigenvalue weighted by molar-refractivity contribution is 5.96. The number of amides is 1. The number of halogens is 3. The molecular formula is C11H10F3NO2. The van der Waals surface area contributed by atoms with E-state index in [1.54, 1.807) is 13.0 Å². The highest BCUT2D eigenvalue weighted by Crippen LogP contribution is 2.21. The molecule has 1 amide bonds. The topological polar surface area (TPSA) is 60.2 Å². The molecule has 0 radical (unpaired) electrons. The predicted molar refractivity (Wildman–Crippen MR) is 54.5 cm³/mol. The van der Waals surface area contributed by atoms with E-state index in [9.17, 15) is 22.8 Å². The lowest BCUT2D eigenvalue weighted by Crippen LogP contribution is -2.26. The van der Waals surface area contributed by atoms with Gasteiger partial charge in [-0.2, -0.15) is 13.2 Å². The summed E-state index contributed by atoms with van der Waals surface area (Å²) in [7, 11) is 0. The Hall–Kier alpha value is -1.85. The molecule has 17 heavy (non-hydrogen) atoms. The minimum absolute atomic E-state index is 0.000162. The van der Waals surface area contributed by atoms with Crippen LogP contribution >= 0.6 is 0 Å². The number of benzene rings is 1. The van der Waals surface area contributed by atoms with Crippen LogP contribution in [0, 0.1) is 6.92 Å². The molecule has 0 saturated carbocycles. The first-order chi connectivity index (χ1) is 7.71. The molecule has 0 heterocycles. The lowest BCUT2D eigenvalue weighted by Gasteiger charge is -2.09. The maximum absolute atomic E-state index is 12.1. The van der Waals surface area contributed by atoms with Gasteiger partial charge in [0.2, 0.25) is 11.7 Å². The first-order valence-corrected chi connectivity index (χ1v) is 4.71. The van der Waals surface area contributed by atoms with Crippen LogP contribution in [0.15, 0.2) is 18.2 Å². The van der Waals surface area contributed by atoms with Crippen molar-refractivity contribution in [1.29, 1.82) is 0 Å². The first kappa shape index (κ1) is 13.2. The number of rotatable bonds is 3. The number of hydrogen-bond donors (Lipinski definition) is 1. The second kappa shape index (κ2) is 4.57. The Kier molecular flexibility index (Phi) is 3.55. The number of hydrogen-bond acceptors (Lipinski definition) is 2. The molecular weight excluding hydrogens is 235 g/mol. The van der Waals surface area contributed by atoms with Gasteiger partial charge in [-0.25, -0.2) is 0 Å². The molecule has 0 saturated heterocycles. The molecule has 0 aliphatic heterocycles. The van der Waals surface area contributed by atoms with Crippen molar-refractivity contribution >= 4 is 11.7 Å². The number of aryl methyl sites for hydroxylation is 1. The number of Topliss-reactive ketones (excluding diaryl/α,β-unsaturated/α-hetero) is 1. The normalized spacial score (nSPS) is 11.3. The maximum atomic E-state index is 12.1. The smallest absolute Gasteiger partial charge is 0.366 e. The SMILES string of the molecule is Cc1ccc(C(N)=O)c(CC(=O)C(F)(F)F)c1. The summed E-state index contributed by atoms with van der Waals surface area (Å²) in [5.41, 5.74) is 5.61. The van der Waals surface area contributed by atoms with Gasteiger partial charge in [0, 0.05) is 12.0 Å². The molecule has 0 spiro atoms. The summed E-state index contributed by atoms with van der Waals surface area (Å²) in [6, 6.07) is 4.21. The maximum Gasteiger partial charge on any atom is 0.450 e. The van der Waals surface area contributed by atoms with Gasteiger partial charge in [-0.15, -0.1) is 0 Å². The van der Waals surface area contributed by atoms with Gasteiger partial charge in [0.25, 0.3) is 0 Å². The zero-order valence-corrected chi connectivity index (χ0v) is 8.97. The van der Waals surface area contributed by atoms with E-state index >= 15 is 0 Å². The molecule has 6 heteroatoms. The summed E-state index contributed by atoms with van der Waals surface area (Å²) >= 11 is 0. The summed E-state index contributed by atoms with van der Waals surface area (Å²) in [6.07, 6.45) is -5.78. The van der Waals surface area contributed by atoms with Crippen LogP contribution in [0.2, 0.25) is 0 Å². The number of ketones is 1. The summed E-state index contributed by atoms with van der Waals surface area (Å²) < 4.78 is 36.3. The number of primary amides is 1. The van der Waals surface area contributed by atoms with Crippen molar-refractivity contribution in [2.45, 2.75) is 19.5 Å². The van der Waals surface area contributed by atoms with Crippen LogP contribution in [-0.4, -0.2) is 17.9 Å². The summed E-state index contributed by atoms with van der Waals surface area (Å²) in [6.45, 7) is 1.65. The fourth-order valence-corrected chi connectivity index (χ4v) is 1.38. The number of nitrogens with two attached hydrogens (primary N) is 1. The van der Waals surface area contributed by atoms with Gasteiger partial charge in [-0.05, 0) is 18.6 Å². The molecule has 92 valence electrons. The van der Waals surface area contributed by atoms with Crippen LogP contribution in [0.5, 0.6) is 0 Å². The van der Waals surface area contributed by atoms with Gasteiger partial charge in [0.15, 0.2) is 0 Å². The monoisotopic (exact) mass is 245 g/mol. The Bertz CT molecular complexity index is 466. The molecule has 0 aliphatic carbocycles. The van der Waals surface area contributed by atoms with Gasteiger partial charge >= 0.3 is 6.18 Å². The average Bonchev–Trinajstić information content (AvgIpc) is 2.15. The summed E-state index contributed by atoms with van der Waals surface area (Å²) in [5.74, 6) is -2.75. The Labute approximate surface area is 95.4 Å². The average molecular weight is 245 g/mol. The van der Waals surface area contributed by atoms with E-state index in [-0.39, 0.29) is 11.1 Å². The summed E-state index contributed by atoms with van der Waals surface area (Å²) in [5, 5.41) is 0. The third kappa shape index (κ3) is 3.30. The highest BCUT2D eigenvalue weighted by atomic mass is 19.4. The molecule has 0 bridgehead atoms. The number of alkyl halides is 3. The van der Waals surface area contributed by atoms with Gasteiger partial charge in [0.05, 0.1) is 0 Å². The molecule has 1 aromatic carbocycles. The molecule has 0 aliphatic rings. The van der Waals surface area contributed by atoms with Crippen LogP contribution in [0.4, 0.5) is 13.2 Å². The molecule has 3 nitrogen and oxygen atoms in total. The van der Waals surface area contributed by atoms with Gasteiger partial charge < -0.3 is 5.73 Å². The van der Waals surface area contributed by atoms with Crippen molar-refractivity contribution in [3.63, 3.8) is 0 Å². The zero-order chi connectivity index (χ0) is 13.2. The van der Waals surface area contributed by atoms with E-state index in [4.69, 9.17) is 5.73 Å². The van der Waals surface area contributed by atoms with Crippen molar-refractivity contribution in [1.82, 2.24) is 0 Å². The lowest BCUT2D eigenvalue weighted by molar-refractivity contribution is -0.170. The van der Waals surface area contributed by atoms with Gasteiger partial charge in [0.1, 0.15) is 0 Å². The zero-order valence-electron chi connectivity index (χ0n) is 8.97. The summed E-state index contributed by atoms with van der Waals surface area (Å²) in [4.78, 5) is 21.8. The van der Waals surface area contributed by atoms with Crippen LogP contribution in [0.1, 0.15) is 21.5 Å². The molecule has 0 fully saturated rings. The molecule has 1 aromatic rings. The van der Waals surface area contributed by atoms with E-state index < -0.39 is 24.3 Å². The van der Waals surface area contributed by atoms with E-state index in [1.165, 1.54) is 12.1 Å². The van der Waals surface area contributed by atoms with E-state index in [1.807, 2.05) is 0 Å². The van der Waals surface area contributed by atoms with Crippen molar-refractivity contribution in [2.24, 2.45) is 5.73 Å². The second-order valence-electron chi connectivity index (χ2n) is 3.62. The largest absolute Gasteiger partial charge is 0.450 e. The van der Waals surface area contributed by atoms with Crippen molar-refractivity contribution in [3.05, 3.63) is 34.9 Å². The number of carbonyl (C=O) groups is 2. The minimum Gasteiger partial charge on any atom is -0.366 e. The van der Waals surface area contributed by atoms with Crippen molar-refractivity contribution in [2.75, 3.05) is 0 Å². The van der Waals surface area contributed by atoms with Gasteiger partial charge in [-0.1, -0.05) is 17.7 Å². The van der Waals surface area contributed by atoms with E-state index in [0.29, 0.717) is 5.56 Å². The fourth-order valence-electron chi connectivity index (χ4n) is 1.38. The highest BCUT2D eigenvalue weighted by Gasteiger charge is 2.38. The lowest BCUT2D eigenvalue weighted by atomic mass is 9.99. The van der Waals surface area contributed by atoms with Crippen LogP contribution in [-0.2, 0) is 11.2 Å². The Morgan fingerprint density at radius 1 is 1.29 bits per heavy atom. The molecule has 0 aromatic heterocycles. The second-order valence-corrected chi connectivity index (χ2v) is 3.62. The van der Waals surface area contributed by atoms with E-state index in [0.717, 1.165) is 0 Å². The van der Waals surface area contributed by atoms with Crippen LogP contribution in [0.25, 0.3) is 0 Å². The first-order valence-electron chi connectivity index (χ1n) is 4.71. The minimum atomic E-state index is -4.90. The Morgan fingerprint density at radius 2 is 1.88 bits per heavy atom. The number of carbonyl (C=O) groups excluding carboxylic acids is 2. The van der Waals surface area contributed by atoms with Crippen LogP contribution < -0.4 is 5.73 Å².